The molecule has 0 aromatic heterocycles. The van der Waals surface area contributed by atoms with Crippen molar-refractivity contribution in [1.29, 1.82) is 0 Å². The van der Waals surface area contributed by atoms with Crippen LogP contribution in [0.3, 0.4) is 0 Å². The van der Waals surface area contributed by atoms with Gasteiger partial charge in [-0.25, -0.2) is 4.79 Å². The number of methoxy groups -OCH3 is 1. The van der Waals surface area contributed by atoms with Crippen LogP contribution in [0.1, 0.15) is 6.92 Å². The van der Waals surface area contributed by atoms with Crippen LogP contribution in [0.25, 0.3) is 0 Å². The molecule has 1 N–H and O–H groups in total. The second-order valence-corrected chi connectivity index (χ2v) is 3.32. The highest BCUT2D eigenvalue weighted by molar-refractivity contribution is 6.82. The Balaban J connectivity index is 2.65. The van der Waals surface area contributed by atoms with Crippen LogP contribution in [-0.4, -0.2) is 24.9 Å². The van der Waals surface area contributed by atoms with E-state index in [1.807, 2.05) is 0 Å². The molecule has 1 aromatic carbocycles. The van der Waals surface area contributed by atoms with Crippen molar-refractivity contribution in [3.8, 4) is 5.75 Å². The SMILES string of the molecule is CCOC(=O)/C(Cl)=N/Nc1cccc(OC)c1. The Morgan fingerprint density at radius 2 is 2.29 bits per heavy atom. The molecule has 1 rings (SSSR count). The summed E-state index contributed by atoms with van der Waals surface area (Å²) in [6, 6.07) is 7.07. The van der Waals surface area contributed by atoms with Crippen LogP contribution >= 0.6 is 11.6 Å². The first-order chi connectivity index (χ1) is 8.17. The first kappa shape index (κ1) is 13.3. The molecule has 0 aliphatic heterocycles. The zero-order valence-corrected chi connectivity index (χ0v) is 10.3. The summed E-state index contributed by atoms with van der Waals surface area (Å²) in [4.78, 5) is 11.1. The maximum atomic E-state index is 11.1. The fourth-order valence-electron chi connectivity index (χ4n) is 1.04. The number of hydrogen-bond acceptors (Lipinski definition) is 5. The topological polar surface area (TPSA) is 59.9 Å². The molecule has 0 spiro atoms. The maximum Gasteiger partial charge on any atom is 0.370 e. The van der Waals surface area contributed by atoms with Gasteiger partial charge in [-0.1, -0.05) is 17.7 Å². The second kappa shape index (κ2) is 6.75. The number of nitrogens with one attached hydrogen (secondary N) is 1. The highest BCUT2D eigenvalue weighted by atomic mass is 35.5. The summed E-state index contributed by atoms with van der Waals surface area (Å²) >= 11 is 5.62. The zero-order valence-electron chi connectivity index (χ0n) is 9.57. The third-order valence-corrected chi connectivity index (χ3v) is 2.04. The molecule has 0 unspecified atom stereocenters. The molecule has 0 radical (unpaired) electrons. The zero-order chi connectivity index (χ0) is 12.7. The van der Waals surface area contributed by atoms with Crippen molar-refractivity contribution in [2.24, 2.45) is 5.10 Å². The van der Waals surface area contributed by atoms with Gasteiger partial charge in [0.15, 0.2) is 0 Å². The van der Waals surface area contributed by atoms with E-state index in [4.69, 9.17) is 16.3 Å². The normalized spacial score (nSPS) is 10.9. The number of ether oxygens (including phenoxy) is 2. The third kappa shape index (κ3) is 4.32. The molecule has 0 amide bonds. The summed E-state index contributed by atoms with van der Waals surface area (Å²) in [6.07, 6.45) is 0. The largest absolute Gasteiger partial charge is 0.497 e. The average Bonchev–Trinajstić information content (AvgIpc) is 2.36. The Kier molecular flexibility index (Phi) is 5.29. The molecule has 0 bridgehead atoms. The van der Waals surface area contributed by atoms with Gasteiger partial charge < -0.3 is 9.47 Å². The monoisotopic (exact) mass is 256 g/mol. The molecule has 92 valence electrons. The van der Waals surface area contributed by atoms with Gasteiger partial charge in [-0.15, -0.1) is 0 Å². The fourth-order valence-corrected chi connectivity index (χ4v) is 1.14. The summed E-state index contributed by atoms with van der Waals surface area (Å²) in [5.74, 6) is 0.0158. The molecule has 0 aliphatic carbocycles. The second-order valence-electron chi connectivity index (χ2n) is 2.97. The Labute approximate surface area is 104 Å². The predicted octanol–water partition coefficient (Wildman–Crippen LogP) is 2.22. The summed E-state index contributed by atoms with van der Waals surface area (Å²) < 4.78 is 9.71. The number of carbonyl (C=O) groups is 1. The van der Waals surface area contributed by atoms with Crippen molar-refractivity contribution >= 4 is 28.4 Å². The van der Waals surface area contributed by atoms with E-state index >= 15 is 0 Å². The molecular weight excluding hydrogens is 244 g/mol. The van der Waals surface area contributed by atoms with Gasteiger partial charge in [0, 0.05) is 6.07 Å². The van der Waals surface area contributed by atoms with Crippen LogP contribution in [-0.2, 0) is 9.53 Å². The van der Waals surface area contributed by atoms with Gasteiger partial charge in [-0.2, -0.15) is 5.10 Å². The number of hydrogen-bond donors (Lipinski definition) is 1. The molecule has 0 aliphatic rings. The number of nitrogens with zero attached hydrogens (tertiary/aromatic N) is 1. The lowest BCUT2D eigenvalue weighted by Crippen LogP contribution is -2.13. The Morgan fingerprint density at radius 3 is 2.94 bits per heavy atom. The first-order valence-corrected chi connectivity index (χ1v) is 5.35. The minimum atomic E-state index is -0.662. The highest BCUT2D eigenvalue weighted by Gasteiger charge is 2.08. The molecule has 6 heteroatoms. The first-order valence-electron chi connectivity index (χ1n) is 4.97. The van der Waals surface area contributed by atoms with Crippen molar-refractivity contribution in [2.75, 3.05) is 19.1 Å². The molecule has 5 nitrogen and oxygen atoms in total. The van der Waals surface area contributed by atoms with Gasteiger partial charge >= 0.3 is 5.97 Å². The Hall–Kier alpha value is -1.75. The lowest BCUT2D eigenvalue weighted by atomic mass is 10.3. The van der Waals surface area contributed by atoms with Crippen LogP contribution in [0.4, 0.5) is 5.69 Å². The number of esters is 1. The molecule has 0 saturated heterocycles. The van der Waals surface area contributed by atoms with Crippen molar-refractivity contribution in [3.63, 3.8) is 0 Å². The van der Waals surface area contributed by atoms with Gasteiger partial charge in [0.1, 0.15) is 5.75 Å². The molecule has 0 atom stereocenters. The molecule has 0 heterocycles. The number of hydrazone groups is 1. The van der Waals surface area contributed by atoms with E-state index < -0.39 is 5.97 Å². The van der Waals surface area contributed by atoms with Crippen LogP contribution in [0.15, 0.2) is 29.4 Å². The van der Waals surface area contributed by atoms with Gasteiger partial charge in [0.2, 0.25) is 5.17 Å². The third-order valence-electron chi connectivity index (χ3n) is 1.80. The van der Waals surface area contributed by atoms with Crippen molar-refractivity contribution in [1.82, 2.24) is 0 Å². The van der Waals surface area contributed by atoms with Crippen molar-refractivity contribution in [2.45, 2.75) is 6.92 Å². The van der Waals surface area contributed by atoms with E-state index in [0.29, 0.717) is 11.4 Å². The van der Waals surface area contributed by atoms with Crippen LogP contribution < -0.4 is 10.2 Å². The van der Waals surface area contributed by atoms with Gasteiger partial charge in [0.05, 0.1) is 19.4 Å². The summed E-state index contributed by atoms with van der Waals surface area (Å²) in [6.45, 7) is 1.95. The summed E-state index contributed by atoms with van der Waals surface area (Å²) in [7, 11) is 1.56. The van der Waals surface area contributed by atoms with E-state index in [9.17, 15) is 4.79 Å². The number of carbonyl (C=O) groups excluding carboxylic acids is 1. The molecule has 17 heavy (non-hydrogen) atoms. The van der Waals surface area contributed by atoms with E-state index in [1.54, 1.807) is 38.3 Å². The molecule has 1 aromatic rings. The van der Waals surface area contributed by atoms with Gasteiger partial charge in [-0.3, -0.25) is 5.43 Å². The summed E-state index contributed by atoms with van der Waals surface area (Å²) in [5.41, 5.74) is 3.29. The highest BCUT2D eigenvalue weighted by Crippen LogP contribution is 2.16. The minimum Gasteiger partial charge on any atom is -0.497 e. The predicted molar refractivity (Wildman–Crippen MR) is 66.5 cm³/mol. The van der Waals surface area contributed by atoms with Gasteiger partial charge in [0.25, 0.3) is 0 Å². The number of anilines is 1. The molecule has 0 saturated carbocycles. The van der Waals surface area contributed by atoms with Crippen LogP contribution in [0.5, 0.6) is 5.75 Å². The fraction of sp³-hybridized carbons (Fsp3) is 0.273. The molecule has 0 fully saturated rings. The molecular formula is C11H13ClN2O3. The quantitative estimate of drug-likeness (QED) is 0.499. The maximum absolute atomic E-state index is 11.1. The standard InChI is InChI=1S/C11H13ClN2O3/c1-3-17-11(15)10(12)14-13-8-5-4-6-9(7-8)16-2/h4-7,13H,3H2,1-2H3/b14-10-. The average molecular weight is 257 g/mol. The van der Waals surface area contributed by atoms with Crippen molar-refractivity contribution in [3.05, 3.63) is 24.3 Å². The van der Waals surface area contributed by atoms with E-state index in [0.717, 1.165) is 0 Å². The van der Waals surface area contributed by atoms with E-state index in [1.165, 1.54) is 0 Å². The Morgan fingerprint density at radius 1 is 1.53 bits per heavy atom. The lowest BCUT2D eigenvalue weighted by molar-refractivity contribution is -0.134. The number of benzene rings is 1. The van der Waals surface area contributed by atoms with E-state index in [-0.39, 0.29) is 11.8 Å². The van der Waals surface area contributed by atoms with Gasteiger partial charge in [-0.05, 0) is 19.1 Å². The van der Waals surface area contributed by atoms with Crippen molar-refractivity contribution < 1.29 is 14.3 Å². The number of rotatable bonds is 5. The smallest absolute Gasteiger partial charge is 0.370 e. The lowest BCUT2D eigenvalue weighted by Gasteiger charge is -2.04. The summed E-state index contributed by atoms with van der Waals surface area (Å²) in [5, 5.41) is 3.44. The van der Waals surface area contributed by atoms with Crippen LogP contribution in [0, 0.1) is 0 Å². The Bertz CT molecular complexity index is 421. The number of halogens is 1. The van der Waals surface area contributed by atoms with E-state index in [2.05, 4.69) is 15.3 Å². The van der Waals surface area contributed by atoms with Crippen LogP contribution in [0.2, 0.25) is 0 Å². The minimum absolute atomic E-state index is 0.254.